The van der Waals surface area contributed by atoms with Gasteiger partial charge >= 0.3 is 0 Å². The first-order chi connectivity index (χ1) is 15.0. The minimum atomic E-state index is 0.120. The van der Waals surface area contributed by atoms with Crippen LogP contribution < -0.4 is 0 Å². The second kappa shape index (κ2) is 8.13. The van der Waals surface area contributed by atoms with Crippen LogP contribution in [0.2, 0.25) is 0 Å². The Bertz CT molecular complexity index is 830. The highest BCUT2D eigenvalue weighted by atomic mass is 16.5. The summed E-state index contributed by atoms with van der Waals surface area (Å²) in [5, 5.41) is 4.22. The summed E-state index contributed by atoms with van der Waals surface area (Å²) in [6.45, 7) is 3.65. The lowest BCUT2D eigenvalue weighted by Gasteiger charge is -2.61. The van der Waals surface area contributed by atoms with E-state index in [4.69, 9.17) is 4.74 Å². The van der Waals surface area contributed by atoms with E-state index in [0.717, 1.165) is 37.1 Å². The van der Waals surface area contributed by atoms with Crippen LogP contribution in [-0.2, 0) is 16.1 Å². The van der Waals surface area contributed by atoms with Crippen LogP contribution in [0.15, 0.2) is 12.3 Å². The van der Waals surface area contributed by atoms with Crippen LogP contribution in [0, 0.1) is 40.4 Å². The Labute approximate surface area is 186 Å². The first-order valence-electron chi connectivity index (χ1n) is 12.5. The fourth-order valence-electron chi connectivity index (χ4n) is 8.95. The standard InChI is InChI=1S/C26H38N2O3/c1-25-13-10-22-20(7-6-18-5-3-4-12-26(18,22)17-31-2)21(25)8-9-23(25)24(30)15-28-14-11-19(16-29)27-28/h11,14,16,18,20-23H,3-10,12-13,15,17H2,1-2H3/t18?,20?,21?,22?,23-,25?,26?/m1/s1. The summed E-state index contributed by atoms with van der Waals surface area (Å²) in [5.41, 5.74) is 0.908. The minimum absolute atomic E-state index is 0.120. The summed E-state index contributed by atoms with van der Waals surface area (Å²) >= 11 is 0. The number of carbonyl (C=O) groups is 2. The molecule has 4 aliphatic rings. The molecule has 0 aromatic carbocycles. The number of hydrogen-bond donors (Lipinski definition) is 0. The van der Waals surface area contributed by atoms with Crippen molar-refractivity contribution in [2.24, 2.45) is 40.4 Å². The highest BCUT2D eigenvalue weighted by Gasteiger charge is 2.61. The maximum atomic E-state index is 13.4. The quantitative estimate of drug-likeness (QED) is 0.605. The van der Waals surface area contributed by atoms with Gasteiger partial charge in [-0.2, -0.15) is 5.10 Å². The Balaban J connectivity index is 1.36. The third-order valence-electron chi connectivity index (χ3n) is 10.2. The molecular formula is C26H38N2O3. The molecule has 4 aliphatic carbocycles. The number of fused-ring (bicyclic) bond motifs is 5. The van der Waals surface area contributed by atoms with E-state index in [1.165, 1.54) is 57.8 Å². The molecule has 31 heavy (non-hydrogen) atoms. The van der Waals surface area contributed by atoms with Gasteiger partial charge in [0.1, 0.15) is 5.69 Å². The van der Waals surface area contributed by atoms with Crippen molar-refractivity contribution in [2.75, 3.05) is 13.7 Å². The van der Waals surface area contributed by atoms with Gasteiger partial charge in [0, 0.05) is 19.2 Å². The normalized spacial score (nSPS) is 41.8. The number of ether oxygens (including phenoxy) is 1. The highest BCUT2D eigenvalue weighted by molar-refractivity contribution is 5.82. The van der Waals surface area contributed by atoms with Crippen LogP contribution in [0.5, 0.6) is 0 Å². The second-order valence-corrected chi connectivity index (χ2v) is 11.3. The van der Waals surface area contributed by atoms with Crippen molar-refractivity contribution in [3.05, 3.63) is 18.0 Å². The van der Waals surface area contributed by atoms with Crippen molar-refractivity contribution >= 4 is 12.1 Å². The summed E-state index contributed by atoms with van der Waals surface area (Å²) < 4.78 is 7.52. The van der Waals surface area contributed by atoms with Crippen molar-refractivity contribution in [2.45, 2.75) is 77.7 Å². The first kappa shape index (κ1) is 21.4. The van der Waals surface area contributed by atoms with E-state index in [-0.39, 0.29) is 11.3 Å². The second-order valence-electron chi connectivity index (χ2n) is 11.3. The van der Waals surface area contributed by atoms with Crippen LogP contribution in [0.1, 0.15) is 81.6 Å². The molecule has 0 amide bonds. The molecule has 1 heterocycles. The molecule has 1 aromatic heterocycles. The zero-order valence-electron chi connectivity index (χ0n) is 19.2. The summed E-state index contributed by atoms with van der Waals surface area (Å²) in [4.78, 5) is 24.3. The Kier molecular flexibility index (Phi) is 5.60. The molecule has 5 rings (SSSR count). The minimum Gasteiger partial charge on any atom is -0.384 e. The van der Waals surface area contributed by atoms with Gasteiger partial charge in [0.2, 0.25) is 0 Å². The maximum Gasteiger partial charge on any atom is 0.170 e. The van der Waals surface area contributed by atoms with Gasteiger partial charge in [0.25, 0.3) is 0 Å². The zero-order chi connectivity index (χ0) is 21.6. The number of aromatic nitrogens is 2. The lowest BCUT2D eigenvalue weighted by molar-refractivity contribution is -0.150. The van der Waals surface area contributed by atoms with Gasteiger partial charge < -0.3 is 4.74 Å². The SMILES string of the molecule is COCC12CCCCC1CCC1C2CCC2(C)C1CC[C@@H]2C(=O)Cn1ccc(C=O)n1. The summed E-state index contributed by atoms with van der Waals surface area (Å²) in [6.07, 6.45) is 15.3. The van der Waals surface area contributed by atoms with Gasteiger partial charge in [-0.05, 0) is 91.9 Å². The molecule has 4 fully saturated rings. The topological polar surface area (TPSA) is 61.2 Å². The molecule has 6 unspecified atom stereocenters. The monoisotopic (exact) mass is 426 g/mol. The number of aldehydes is 1. The largest absolute Gasteiger partial charge is 0.384 e. The molecule has 0 N–H and O–H groups in total. The van der Waals surface area contributed by atoms with Crippen LogP contribution >= 0.6 is 0 Å². The Hall–Kier alpha value is -1.49. The van der Waals surface area contributed by atoms with Crippen LogP contribution in [0.4, 0.5) is 0 Å². The Morgan fingerprint density at radius 2 is 2.03 bits per heavy atom. The summed E-state index contributed by atoms with van der Waals surface area (Å²) in [6, 6.07) is 1.68. The number of hydrogen-bond acceptors (Lipinski definition) is 4. The molecule has 0 aliphatic heterocycles. The predicted molar refractivity (Wildman–Crippen MR) is 119 cm³/mol. The number of ketones is 1. The molecule has 0 bridgehead atoms. The number of Topliss-reactive ketones (excluding diaryl/α,β-unsaturated/α-hetero) is 1. The van der Waals surface area contributed by atoms with Gasteiger partial charge in [0.15, 0.2) is 12.1 Å². The molecule has 170 valence electrons. The molecule has 0 spiro atoms. The predicted octanol–water partition coefficient (Wildman–Crippen LogP) is 4.94. The molecule has 7 atom stereocenters. The molecule has 5 nitrogen and oxygen atoms in total. The van der Waals surface area contributed by atoms with E-state index in [9.17, 15) is 9.59 Å². The van der Waals surface area contributed by atoms with Crippen molar-refractivity contribution in [3.8, 4) is 0 Å². The van der Waals surface area contributed by atoms with Crippen molar-refractivity contribution in [1.29, 1.82) is 0 Å². The molecule has 1 aromatic rings. The fourth-order valence-corrected chi connectivity index (χ4v) is 8.95. The molecule has 0 radical (unpaired) electrons. The molecule has 0 saturated heterocycles. The van der Waals surface area contributed by atoms with Crippen LogP contribution in [0.25, 0.3) is 0 Å². The third kappa shape index (κ3) is 3.34. The van der Waals surface area contributed by atoms with E-state index < -0.39 is 0 Å². The molecule has 4 saturated carbocycles. The van der Waals surface area contributed by atoms with E-state index in [1.54, 1.807) is 16.9 Å². The fraction of sp³-hybridized carbons (Fsp3) is 0.808. The lowest BCUT2D eigenvalue weighted by atomic mass is 9.44. The van der Waals surface area contributed by atoms with E-state index >= 15 is 0 Å². The molecular weight excluding hydrogens is 388 g/mol. The number of nitrogens with zero attached hydrogens (tertiary/aromatic N) is 2. The van der Waals surface area contributed by atoms with Gasteiger partial charge in [-0.3, -0.25) is 14.3 Å². The van der Waals surface area contributed by atoms with E-state index in [1.807, 2.05) is 7.11 Å². The van der Waals surface area contributed by atoms with Gasteiger partial charge in [0.05, 0.1) is 13.2 Å². The van der Waals surface area contributed by atoms with Crippen LogP contribution in [0.3, 0.4) is 0 Å². The Morgan fingerprint density at radius 3 is 2.81 bits per heavy atom. The third-order valence-corrected chi connectivity index (χ3v) is 10.2. The molecule has 5 heteroatoms. The van der Waals surface area contributed by atoms with Gasteiger partial charge in [-0.15, -0.1) is 0 Å². The Morgan fingerprint density at radius 1 is 1.16 bits per heavy atom. The van der Waals surface area contributed by atoms with Crippen molar-refractivity contribution in [1.82, 2.24) is 9.78 Å². The van der Waals surface area contributed by atoms with E-state index in [2.05, 4.69) is 12.0 Å². The maximum absolute atomic E-state index is 13.4. The first-order valence-corrected chi connectivity index (χ1v) is 12.5. The number of methoxy groups -OCH3 is 1. The van der Waals surface area contributed by atoms with Crippen LogP contribution in [-0.4, -0.2) is 35.6 Å². The average Bonchev–Trinajstić information content (AvgIpc) is 3.37. The van der Waals surface area contributed by atoms with E-state index in [0.29, 0.717) is 29.4 Å². The number of rotatable bonds is 6. The lowest BCUT2D eigenvalue weighted by Crippen LogP contribution is -2.56. The summed E-state index contributed by atoms with van der Waals surface area (Å²) in [5.74, 6) is 3.48. The summed E-state index contributed by atoms with van der Waals surface area (Å²) in [7, 11) is 1.90. The van der Waals surface area contributed by atoms with Crippen molar-refractivity contribution in [3.63, 3.8) is 0 Å². The van der Waals surface area contributed by atoms with Gasteiger partial charge in [-0.1, -0.05) is 19.8 Å². The zero-order valence-corrected chi connectivity index (χ0v) is 19.2. The average molecular weight is 427 g/mol. The highest BCUT2D eigenvalue weighted by Crippen LogP contribution is 2.67. The van der Waals surface area contributed by atoms with Gasteiger partial charge in [-0.25, -0.2) is 0 Å². The van der Waals surface area contributed by atoms with Crippen molar-refractivity contribution < 1.29 is 14.3 Å². The smallest absolute Gasteiger partial charge is 0.170 e. The number of carbonyl (C=O) groups excluding carboxylic acids is 2.